The van der Waals surface area contributed by atoms with Gasteiger partial charge in [0.2, 0.25) is 0 Å². The number of aliphatic hydroxyl groups is 2. The van der Waals surface area contributed by atoms with Gasteiger partial charge in [-0.3, -0.25) is 19.2 Å². The first-order valence-electron chi connectivity index (χ1n) is 14.0. The van der Waals surface area contributed by atoms with Gasteiger partial charge in [0.15, 0.2) is 0 Å². The summed E-state index contributed by atoms with van der Waals surface area (Å²) in [6.45, 7) is 8.46. The van der Waals surface area contributed by atoms with Gasteiger partial charge >= 0.3 is 23.9 Å². The zero-order chi connectivity index (χ0) is 29.4. The monoisotopic (exact) mass is 548 g/mol. The fraction of sp³-hybridized carbons (Fsp3) is 0.857. The molecule has 38 heavy (non-hydrogen) atoms. The van der Waals surface area contributed by atoms with E-state index < -0.39 is 23.5 Å². The SMILES string of the molecule is CC(C)CCC(CCCO)(CCCC(=O)O)C(=O)O.CCCCOC(=O)CCCCC(=O)OCCC(C)O. The number of carbonyl (C=O) groups excluding carboxylic acids is 2. The predicted octanol–water partition coefficient (Wildman–Crippen LogP) is 4.73. The number of aliphatic hydroxyl groups excluding tert-OH is 2. The fourth-order valence-electron chi connectivity index (χ4n) is 3.61. The summed E-state index contributed by atoms with van der Waals surface area (Å²) in [5.74, 6) is -1.83. The Kier molecular flexibility index (Phi) is 23.9. The van der Waals surface area contributed by atoms with Crippen LogP contribution in [0.2, 0.25) is 0 Å². The third-order valence-corrected chi connectivity index (χ3v) is 6.08. The van der Waals surface area contributed by atoms with E-state index in [0.29, 0.717) is 76.7 Å². The standard InChI is InChI=1S/2C14H26O5/c1-11(2)6-9-14(13(18)19,8-4-10-15)7-3-5-12(16)17;1-3-4-10-18-13(16)7-5-6-8-14(17)19-11-9-12(2)15/h11,15H,3-10H2,1-2H3,(H,16,17)(H,18,19);12,15H,3-11H2,1-2H3. The highest BCUT2D eigenvalue weighted by atomic mass is 16.5. The molecule has 0 radical (unpaired) electrons. The van der Waals surface area contributed by atoms with Crippen LogP contribution in [0.1, 0.15) is 118 Å². The number of carboxylic acids is 2. The second-order valence-electron chi connectivity index (χ2n) is 10.2. The number of hydrogen-bond donors (Lipinski definition) is 4. The molecule has 10 heteroatoms. The first kappa shape index (κ1) is 37.9. The minimum atomic E-state index is -0.898. The Morgan fingerprint density at radius 3 is 1.74 bits per heavy atom. The molecule has 0 fully saturated rings. The molecule has 0 saturated heterocycles. The molecule has 0 aromatic rings. The average Bonchev–Trinajstić information content (AvgIpc) is 2.83. The zero-order valence-electron chi connectivity index (χ0n) is 23.9. The highest BCUT2D eigenvalue weighted by Crippen LogP contribution is 2.37. The van der Waals surface area contributed by atoms with Crippen molar-refractivity contribution in [3.63, 3.8) is 0 Å². The Morgan fingerprint density at radius 2 is 1.29 bits per heavy atom. The molecule has 0 heterocycles. The van der Waals surface area contributed by atoms with Gasteiger partial charge in [-0.2, -0.15) is 0 Å². The molecular weight excluding hydrogens is 496 g/mol. The Bertz CT molecular complexity index is 648. The van der Waals surface area contributed by atoms with Gasteiger partial charge < -0.3 is 29.9 Å². The molecule has 0 aliphatic heterocycles. The maximum Gasteiger partial charge on any atom is 0.309 e. The summed E-state index contributed by atoms with van der Waals surface area (Å²) in [4.78, 5) is 44.6. The number of aliphatic carboxylic acids is 2. The smallest absolute Gasteiger partial charge is 0.309 e. The number of carboxylic acid groups (broad SMARTS) is 2. The van der Waals surface area contributed by atoms with Crippen LogP contribution in [-0.4, -0.2) is 70.2 Å². The van der Waals surface area contributed by atoms with Gasteiger partial charge in [-0.05, 0) is 70.6 Å². The Morgan fingerprint density at radius 1 is 0.737 bits per heavy atom. The summed E-state index contributed by atoms with van der Waals surface area (Å²) in [5.41, 5.74) is -0.886. The van der Waals surface area contributed by atoms with Crippen LogP contribution in [0.3, 0.4) is 0 Å². The summed E-state index contributed by atoms with van der Waals surface area (Å²) >= 11 is 0. The summed E-state index contributed by atoms with van der Waals surface area (Å²) in [5, 5.41) is 36.1. The number of ether oxygens (including phenoxy) is 2. The summed E-state index contributed by atoms with van der Waals surface area (Å²) in [6, 6.07) is 0. The van der Waals surface area contributed by atoms with Crippen LogP contribution in [0.4, 0.5) is 0 Å². The Hall–Kier alpha value is -2.20. The first-order chi connectivity index (χ1) is 17.9. The average molecular weight is 549 g/mol. The van der Waals surface area contributed by atoms with Crippen LogP contribution in [0.5, 0.6) is 0 Å². The highest BCUT2D eigenvalue weighted by molar-refractivity contribution is 5.74. The maximum absolute atomic E-state index is 11.6. The van der Waals surface area contributed by atoms with Crippen molar-refractivity contribution >= 4 is 23.9 Å². The molecule has 0 saturated carbocycles. The quantitative estimate of drug-likeness (QED) is 0.110. The molecule has 2 unspecified atom stereocenters. The van der Waals surface area contributed by atoms with Crippen molar-refractivity contribution in [1.82, 2.24) is 0 Å². The minimum absolute atomic E-state index is 0.00413. The molecule has 0 bridgehead atoms. The molecule has 0 aromatic heterocycles. The van der Waals surface area contributed by atoms with E-state index in [1.807, 2.05) is 20.8 Å². The first-order valence-corrected chi connectivity index (χ1v) is 14.0. The van der Waals surface area contributed by atoms with E-state index in [2.05, 4.69) is 0 Å². The van der Waals surface area contributed by atoms with Gasteiger partial charge in [-0.1, -0.05) is 27.2 Å². The van der Waals surface area contributed by atoms with Crippen molar-refractivity contribution in [1.29, 1.82) is 0 Å². The van der Waals surface area contributed by atoms with Gasteiger partial charge in [-0.25, -0.2) is 0 Å². The van der Waals surface area contributed by atoms with E-state index >= 15 is 0 Å². The van der Waals surface area contributed by atoms with E-state index in [1.165, 1.54) is 0 Å². The minimum Gasteiger partial charge on any atom is -0.481 e. The van der Waals surface area contributed by atoms with Crippen molar-refractivity contribution in [2.45, 2.75) is 124 Å². The normalized spacial score (nSPS) is 13.1. The molecule has 10 nitrogen and oxygen atoms in total. The molecule has 0 amide bonds. The van der Waals surface area contributed by atoms with Crippen molar-refractivity contribution in [3.05, 3.63) is 0 Å². The summed E-state index contributed by atoms with van der Waals surface area (Å²) in [7, 11) is 0. The molecule has 0 aliphatic rings. The topological polar surface area (TPSA) is 168 Å². The van der Waals surface area contributed by atoms with E-state index in [0.717, 1.165) is 19.3 Å². The third-order valence-electron chi connectivity index (χ3n) is 6.08. The van der Waals surface area contributed by atoms with Crippen molar-refractivity contribution in [2.24, 2.45) is 11.3 Å². The van der Waals surface area contributed by atoms with Crippen LogP contribution in [-0.2, 0) is 28.7 Å². The maximum atomic E-state index is 11.6. The number of carbonyl (C=O) groups is 4. The molecule has 4 N–H and O–H groups in total. The van der Waals surface area contributed by atoms with E-state index in [4.69, 9.17) is 24.8 Å². The zero-order valence-corrected chi connectivity index (χ0v) is 23.9. The predicted molar refractivity (Wildman–Crippen MR) is 144 cm³/mol. The molecule has 2 atom stereocenters. The van der Waals surface area contributed by atoms with Gasteiger partial charge in [0.05, 0.1) is 24.7 Å². The van der Waals surface area contributed by atoms with Gasteiger partial charge in [0.1, 0.15) is 0 Å². The van der Waals surface area contributed by atoms with E-state index in [9.17, 15) is 24.3 Å². The number of esters is 2. The molecule has 0 spiro atoms. The van der Waals surface area contributed by atoms with Crippen LogP contribution in [0, 0.1) is 11.3 Å². The molecule has 224 valence electrons. The van der Waals surface area contributed by atoms with E-state index in [1.54, 1.807) is 6.92 Å². The second-order valence-corrected chi connectivity index (χ2v) is 10.2. The largest absolute Gasteiger partial charge is 0.481 e. The van der Waals surface area contributed by atoms with Crippen LogP contribution < -0.4 is 0 Å². The lowest BCUT2D eigenvalue weighted by molar-refractivity contribution is -0.151. The fourth-order valence-corrected chi connectivity index (χ4v) is 3.61. The Balaban J connectivity index is 0. The highest BCUT2D eigenvalue weighted by Gasteiger charge is 2.37. The third kappa shape index (κ3) is 23.0. The summed E-state index contributed by atoms with van der Waals surface area (Å²) in [6.07, 6.45) is 6.72. The van der Waals surface area contributed by atoms with Gasteiger partial charge in [0, 0.05) is 32.3 Å². The lowest BCUT2D eigenvalue weighted by atomic mass is 9.74. The second kappa shape index (κ2) is 23.9. The molecule has 0 aliphatic carbocycles. The van der Waals surface area contributed by atoms with Crippen LogP contribution >= 0.6 is 0 Å². The van der Waals surface area contributed by atoms with Crippen molar-refractivity contribution in [2.75, 3.05) is 19.8 Å². The van der Waals surface area contributed by atoms with Crippen molar-refractivity contribution in [3.8, 4) is 0 Å². The van der Waals surface area contributed by atoms with E-state index in [-0.39, 0.29) is 31.6 Å². The summed E-state index contributed by atoms with van der Waals surface area (Å²) < 4.78 is 9.92. The van der Waals surface area contributed by atoms with Gasteiger partial charge in [-0.15, -0.1) is 0 Å². The Labute approximate surface area is 228 Å². The lowest BCUT2D eigenvalue weighted by Crippen LogP contribution is -2.32. The number of unbranched alkanes of at least 4 members (excludes halogenated alkanes) is 2. The number of rotatable bonds is 22. The van der Waals surface area contributed by atoms with Crippen LogP contribution in [0.15, 0.2) is 0 Å². The van der Waals surface area contributed by atoms with Crippen molar-refractivity contribution < 1.29 is 49.1 Å². The molecule has 0 aromatic carbocycles. The molecule has 0 rings (SSSR count). The lowest BCUT2D eigenvalue weighted by Gasteiger charge is -2.30. The number of hydrogen-bond acceptors (Lipinski definition) is 8. The molecular formula is C28H52O10. The van der Waals surface area contributed by atoms with Crippen LogP contribution in [0.25, 0.3) is 0 Å². The van der Waals surface area contributed by atoms with Gasteiger partial charge in [0.25, 0.3) is 0 Å².